The number of benzene rings is 2. The molecule has 9 heteroatoms. The Bertz CT molecular complexity index is 1090. The smallest absolute Gasteiger partial charge is 0.252 e. The topological polar surface area (TPSA) is 66.0 Å². The highest BCUT2D eigenvalue weighted by Crippen LogP contribution is 2.44. The molecule has 3 fully saturated rings. The van der Waals surface area contributed by atoms with Gasteiger partial charge in [0.1, 0.15) is 23.6 Å². The Kier molecular flexibility index (Phi) is 6.84. The zero-order valence-electron chi connectivity index (χ0n) is 20.3. The van der Waals surface area contributed by atoms with Crippen LogP contribution in [0.3, 0.4) is 0 Å². The molecule has 5 rings (SSSR count). The molecule has 0 aromatic heterocycles. The molecule has 36 heavy (non-hydrogen) atoms. The predicted molar refractivity (Wildman–Crippen MR) is 123 cm³/mol. The summed E-state index contributed by atoms with van der Waals surface area (Å²) in [5.74, 6) is -3.01. The third-order valence-corrected chi connectivity index (χ3v) is 6.91. The van der Waals surface area contributed by atoms with Crippen molar-refractivity contribution in [3.8, 4) is 0 Å². The van der Waals surface area contributed by atoms with Gasteiger partial charge in [-0.1, -0.05) is 18.2 Å². The van der Waals surface area contributed by atoms with Gasteiger partial charge in [0.25, 0.3) is 5.91 Å². The molecule has 3 aliphatic rings. The molecule has 1 heterocycles. The second kappa shape index (κ2) is 9.78. The Balaban J connectivity index is 1.41. The number of hydrogen-bond acceptors (Lipinski definition) is 5. The molecule has 0 bridgehead atoms. The van der Waals surface area contributed by atoms with E-state index in [1.54, 1.807) is 26.0 Å². The molecule has 0 unspecified atom stereocenters. The van der Waals surface area contributed by atoms with E-state index < -0.39 is 41.3 Å². The summed E-state index contributed by atoms with van der Waals surface area (Å²) < 4.78 is 66.5. The molecule has 2 aliphatic carbocycles. The number of fused-ring (bicyclic) bond motifs is 1. The molecule has 1 saturated heterocycles. The van der Waals surface area contributed by atoms with E-state index in [0.29, 0.717) is 5.56 Å². The molecule has 1 N–H and O–H groups in total. The first-order valence-electron chi connectivity index (χ1n) is 12.2. The Morgan fingerprint density at radius 3 is 2.36 bits per heavy atom. The van der Waals surface area contributed by atoms with Gasteiger partial charge in [0.05, 0.1) is 25.4 Å². The SMILES string of the molecule is CC1(C)O[C@H]2[C@H](OCc3c(F)cccc3F)C[C@](OCc3ccc(F)cc3)(C(=O)NC3CC3)C[C@H]2O1. The first-order valence-corrected chi connectivity index (χ1v) is 12.2. The standard InChI is InChI=1S/C27H30F3NO5/c1-26(2)35-23-13-27(25(32)31-18-10-11-18,34-14-16-6-8-17(28)9-7-16)12-22(24(23)36-26)33-15-19-20(29)4-3-5-21(19)30/h3-9,18,22-24H,10-15H2,1-2H3,(H,31,32)/t22-,23-,24+,27-/m1/s1. The van der Waals surface area contributed by atoms with Gasteiger partial charge in [-0.05, 0) is 56.5 Å². The number of hydrogen-bond donors (Lipinski definition) is 1. The molecule has 194 valence electrons. The molecule has 0 spiro atoms. The van der Waals surface area contributed by atoms with Gasteiger partial charge >= 0.3 is 0 Å². The first-order chi connectivity index (χ1) is 17.1. The minimum absolute atomic E-state index is 0.0642. The maximum atomic E-state index is 14.3. The summed E-state index contributed by atoms with van der Waals surface area (Å²) in [6, 6.07) is 9.58. The fourth-order valence-electron chi connectivity index (χ4n) is 4.92. The quantitative estimate of drug-likeness (QED) is 0.571. The van der Waals surface area contributed by atoms with Crippen LogP contribution in [0.4, 0.5) is 13.2 Å². The summed E-state index contributed by atoms with van der Waals surface area (Å²) >= 11 is 0. The predicted octanol–water partition coefficient (Wildman–Crippen LogP) is 4.54. The normalized spacial score (nSPS) is 29.1. The third kappa shape index (κ3) is 5.44. The van der Waals surface area contributed by atoms with Crippen molar-refractivity contribution in [2.24, 2.45) is 0 Å². The van der Waals surface area contributed by atoms with Crippen LogP contribution in [0.2, 0.25) is 0 Å². The molecule has 2 aromatic rings. The maximum Gasteiger partial charge on any atom is 0.252 e. The van der Waals surface area contributed by atoms with Gasteiger partial charge in [0.15, 0.2) is 11.4 Å². The van der Waals surface area contributed by atoms with Crippen LogP contribution in [0.15, 0.2) is 42.5 Å². The Morgan fingerprint density at radius 2 is 1.69 bits per heavy atom. The lowest BCUT2D eigenvalue weighted by atomic mass is 9.78. The van der Waals surface area contributed by atoms with Gasteiger partial charge in [0, 0.05) is 24.4 Å². The molecular formula is C27H30F3NO5. The minimum atomic E-state index is -1.33. The Labute approximate surface area is 208 Å². The lowest BCUT2D eigenvalue weighted by Crippen LogP contribution is -2.60. The third-order valence-electron chi connectivity index (χ3n) is 6.91. The van der Waals surface area contributed by atoms with Crippen LogP contribution in [-0.2, 0) is 37.0 Å². The molecule has 2 aromatic carbocycles. The summed E-state index contributed by atoms with van der Waals surface area (Å²) in [6.45, 7) is 3.26. The van der Waals surface area contributed by atoms with Crippen LogP contribution in [0.1, 0.15) is 50.7 Å². The van der Waals surface area contributed by atoms with Crippen molar-refractivity contribution in [1.82, 2.24) is 5.32 Å². The summed E-state index contributed by atoms with van der Waals surface area (Å²) in [5.41, 5.74) is -0.828. The van der Waals surface area contributed by atoms with Crippen molar-refractivity contribution in [3.63, 3.8) is 0 Å². The summed E-state index contributed by atoms with van der Waals surface area (Å²) in [5, 5.41) is 3.03. The second-order valence-electron chi connectivity index (χ2n) is 10.3. The number of ether oxygens (including phenoxy) is 4. The summed E-state index contributed by atoms with van der Waals surface area (Å²) in [7, 11) is 0. The van der Waals surface area contributed by atoms with Gasteiger partial charge in [0.2, 0.25) is 0 Å². The number of carbonyl (C=O) groups excluding carboxylic acids is 1. The highest BCUT2D eigenvalue weighted by atomic mass is 19.1. The largest absolute Gasteiger partial charge is 0.370 e. The monoisotopic (exact) mass is 505 g/mol. The zero-order chi connectivity index (χ0) is 25.5. The molecule has 0 radical (unpaired) electrons. The molecule has 4 atom stereocenters. The van der Waals surface area contributed by atoms with Crippen molar-refractivity contribution in [1.29, 1.82) is 0 Å². The lowest BCUT2D eigenvalue weighted by Gasteiger charge is -2.43. The van der Waals surface area contributed by atoms with Crippen LogP contribution < -0.4 is 5.32 Å². The lowest BCUT2D eigenvalue weighted by molar-refractivity contribution is -0.183. The fraction of sp³-hybridized carbons (Fsp3) is 0.519. The molecule has 1 amide bonds. The summed E-state index contributed by atoms with van der Waals surface area (Å²) in [6.07, 6.45) is 0.282. The number of rotatable bonds is 8. The average Bonchev–Trinajstić information content (AvgIpc) is 3.58. The molecular weight excluding hydrogens is 475 g/mol. The van der Waals surface area contributed by atoms with E-state index in [2.05, 4.69) is 5.32 Å². The minimum Gasteiger partial charge on any atom is -0.370 e. The molecule has 6 nitrogen and oxygen atoms in total. The maximum absolute atomic E-state index is 14.3. The van der Waals surface area contributed by atoms with Gasteiger partial charge in [-0.3, -0.25) is 4.79 Å². The van der Waals surface area contributed by atoms with Crippen LogP contribution in [0.25, 0.3) is 0 Å². The average molecular weight is 506 g/mol. The zero-order valence-corrected chi connectivity index (χ0v) is 20.3. The van der Waals surface area contributed by atoms with E-state index in [1.165, 1.54) is 30.3 Å². The van der Waals surface area contributed by atoms with Crippen LogP contribution in [0.5, 0.6) is 0 Å². The van der Waals surface area contributed by atoms with E-state index in [-0.39, 0.29) is 49.4 Å². The van der Waals surface area contributed by atoms with Gasteiger partial charge in [-0.15, -0.1) is 0 Å². The summed E-state index contributed by atoms with van der Waals surface area (Å²) in [4.78, 5) is 13.6. The van der Waals surface area contributed by atoms with E-state index in [9.17, 15) is 18.0 Å². The van der Waals surface area contributed by atoms with Crippen LogP contribution in [0, 0.1) is 17.5 Å². The number of amides is 1. The van der Waals surface area contributed by atoms with Crippen LogP contribution >= 0.6 is 0 Å². The molecule has 1 aliphatic heterocycles. The van der Waals surface area contributed by atoms with E-state index >= 15 is 0 Å². The van der Waals surface area contributed by atoms with Crippen molar-refractivity contribution >= 4 is 5.91 Å². The van der Waals surface area contributed by atoms with E-state index in [4.69, 9.17) is 18.9 Å². The number of halogens is 3. The first kappa shape index (κ1) is 25.2. The van der Waals surface area contributed by atoms with Crippen molar-refractivity contribution in [2.75, 3.05) is 0 Å². The number of carbonyl (C=O) groups is 1. The van der Waals surface area contributed by atoms with Crippen molar-refractivity contribution in [2.45, 2.75) is 88.5 Å². The number of nitrogens with one attached hydrogen (secondary N) is 1. The fourth-order valence-corrected chi connectivity index (χ4v) is 4.92. The van der Waals surface area contributed by atoms with E-state index in [1.807, 2.05) is 0 Å². The van der Waals surface area contributed by atoms with Crippen LogP contribution in [-0.4, -0.2) is 41.6 Å². The second-order valence-corrected chi connectivity index (χ2v) is 10.3. The van der Waals surface area contributed by atoms with Gasteiger partial charge in [-0.2, -0.15) is 0 Å². The highest BCUT2D eigenvalue weighted by Gasteiger charge is 2.58. The van der Waals surface area contributed by atoms with Crippen molar-refractivity contribution < 1.29 is 36.9 Å². The van der Waals surface area contributed by atoms with E-state index in [0.717, 1.165) is 12.8 Å². The van der Waals surface area contributed by atoms with Crippen molar-refractivity contribution in [3.05, 3.63) is 71.0 Å². The van der Waals surface area contributed by atoms with Gasteiger partial charge in [-0.25, -0.2) is 13.2 Å². The van der Waals surface area contributed by atoms with Gasteiger partial charge < -0.3 is 24.3 Å². The molecule has 2 saturated carbocycles. The Hall–Kier alpha value is -2.46. The Morgan fingerprint density at radius 1 is 1.00 bits per heavy atom. The highest BCUT2D eigenvalue weighted by molar-refractivity contribution is 5.86.